The van der Waals surface area contributed by atoms with Crippen molar-refractivity contribution >= 4 is 0 Å². The van der Waals surface area contributed by atoms with Gasteiger partial charge in [0.1, 0.15) is 0 Å². The Balaban J connectivity index is 2.58. The molecule has 0 aliphatic carbocycles. The maximum atomic E-state index is 4.53. The third-order valence-electron chi connectivity index (χ3n) is 3.17. The molecule has 0 radical (unpaired) electrons. The van der Waals surface area contributed by atoms with Crippen LogP contribution in [0.25, 0.3) is 0 Å². The summed E-state index contributed by atoms with van der Waals surface area (Å²) < 4.78 is 0. The number of hydrogen-bond acceptors (Lipinski definition) is 2. The van der Waals surface area contributed by atoms with Gasteiger partial charge in [-0.2, -0.15) is 0 Å². The van der Waals surface area contributed by atoms with Gasteiger partial charge in [-0.3, -0.25) is 4.98 Å². The van der Waals surface area contributed by atoms with E-state index in [0.29, 0.717) is 0 Å². The first kappa shape index (κ1) is 10.6. The average Bonchev–Trinajstić information content (AvgIpc) is 2.17. The van der Waals surface area contributed by atoms with Crippen LogP contribution in [0.4, 0.5) is 0 Å². The number of rotatable bonds is 0. The lowest BCUT2D eigenvalue weighted by atomic mass is 9.81. The maximum absolute atomic E-state index is 4.53. The highest BCUT2D eigenvalue weighted by Crippen LogP contribution is 2.29. The molecule has 2 heterocycles. The molecule has 1 N–H and O–H groups in total. The van der Waals surface area contributed by atoms with E-state index in [9.17, 15) is 0 Å². The first-order valence-corrected chi connectivity index (χ1v) is 5.68. The summed E-state index contributed by atoms with van der Waals surface area (Å²) in [5.74, 6) is 0. The van der Waals surface area contributed by atoms with E-state index in [4.69, 9.17) is 0 Å². The normalized spacial score (nSPS) is 16.3. The van der Waals surface area contributed by atoms with Gasteiger partial charge in [-0.05, 0) is 42.0 Å². The van der Waals surface area contributed by atoms with Crippen molar-refractivity contribution in [1.29, 1.82) is 0 Å². The van der Waals surface area contributed by atoms with E-state index in [1.807, 2.05) is 0 Å². The minimum Gasteiger partial charge on any atom is -0.312 e. The molecule has 15 heavy (non-hydrogen) atoms. The topological polar surface area (TPSA) is 24.9 Å². The Labute approximate surface area is 92.1 Å². The molecule has 2 heteroatoms. The quantitative estimate of drug-likeness (QED) is 0.701. The molecule has 0 fully saturated rings. The molecule has 1 aromatic heterocycles. The Morgan fingerprint density at radius 2 is 2.00 bits per heavy atom. The molecule has 82 valence electrons. The maximum Gasteiger partial charge on any atom is 0.0408 e. The first-order chi connectivity index (χ1) is 7.00. The minimum atomic E-state index is 0.198. The van der Waals surface area contributed by atoms with Crippen molar-refractivity contribution in [2.75, 3.05) is 6.54 Å². The van der Waals surface area contributed by atoms with Gasteiger partial charge in [-0.1, -0.05) is 20.8 Å². The van der Waals surface area contributed by atoms with Crippen molar-refractivity contribution in [1.82, 2.24) is 10.3 Å². The summed E-state index contributed by atoms with van der Waals surface area (Å²) in [4.78, 5) is 4.53. The number of nitrogens with one attached hydrogen (secondary N) is 1. The van der Waals surface area contributed by atoms with Crippen molar-refractivity contribution < 1.29 is 0 Å². The van der Waals surface area contributed by atoms with E-state index in [1.54, 1.807) is 0 Å². The Morgan fingerprint density at radius 3 is 2.67 bits per heavy atom. The number of fused-ring (bicyclic) bond motifs is 1. The van der Waals surface area contributed by atoms with Gasteiger partial charge in [0.2, 0.25) is 0 Å². The van der Waals surface area contributed by atoms with Crippen molar-refractivity contribution in [3.63, 3.8) is 0 Å². The third-order valence-corrected chi connectivity index (χ3v) is 3.17. The summed E-state index contributed by atoms with van der Waals surface area (Å²) in [5, 5.41) is 3.45. The third kappa shape index (κ3) is 1.91. The van der Waals surface area contributed by atoms with Gasteiger partial charge in [-0.25, -0.2) is 0 Å². The molecule has 0 saturated heterocycles. The van der Waals surface area contributed by atoms with E-state index in [1.165, 1.54) is 22.4 Å². The summed E-state index contributed by atoms with van der Waals surface area (Å²) in [6.07, 6.45) is 3.18. The molecular weight excluding hydrogens is 184 g/mol. The van der Waals surface area contributed by atoms with Crippen LogP contribution in [0.1, 0.15) is 43.2 Å². The summed E-state index contributed by atoms with van der Waals surface area (Å²) in [6.45, 7) is 11.0. The zero-order valence-corrected chi connectivity index (χ0v) is 10.1. The highest BCUT2D eigenvalue weighted by Gasteiger charge is 2.23. The first-order valence-electron chi connectivity index (χ1n) is 5.68. The molecule has 0 atom stereocenters. The number of aromatic nitrogens is 1. The predicted octanol–water partition coefficient (Wildman–Crippen LogP) is 2.33. The van der Waals surface area contributed by atoms with Gasteiger partial charge in [-0.15, -0.1) is 0 Å². The highest BCUT2D eigenvalue weighted by atomic mass is 14.9. The van der Waals surface area contributed by atoms with Crippen molar-refractivity contribution in [3.05, 3.63) is 28.6 Å². The number of nitrogens with zero attached hydrogens (tertiary/aromatic N) is 1. The van der Waals surface area contributed by atoms with Crippen molar-refractivity contribution in [2.24, 2.45) is 0 Å². The van der Waals surface area contributed by atoms with Crippen LogP contribution in [-0.4, -0.2) is 11.5 Å². The summed E-state index contributed by atoms with van der Waals surface area (Å²) in [5.41, 5.74) is 5.77. The van der Waals surface area contributed by atoms with Crippen LogP contribution in [0, 0.1) is 6.92 Å². The van der Waals surface area contributed by atoms with Crippen LogP contribution in [0.3, 0.4) is 0 Å². The molecule has 2 rings (SSSR count). The number of pyridine rings is 1. The van der Waals surface area contributed by atoms with Crippen LogP contribution < -0.4 is 5.32 Å². The molecule has 0 bridgehead atoms. The fraction of sp³-hybridized carbons (Fsp3) is 0.615. The second-order valence-corrected chi connectivity index (χ2v) is 5.39. The number of hydrogen-bond donors (Lipinski definition) is 1. The lowest BCUT2D eigenvalue weighted by molar-refractivity contribution is 0.554. The minimum absolute atomic E-state index is 0.198. The molecule has 0 saturated carbocycles. The van der Waals surface area contributed by atoms with Gasteiger partial charge in [0.15, 0.2) is 0 Å². The van der Waals surface area contributed by atoms with Crippen LogP contribution in [-0.2, 0) is 18.4 Å². The largest absolute Gasteiger partial charge is 0.312 e. The molecule has 2 nitrogen and oxygen atoms in total. The fourth-order valence-electron chi connectivity index (χ4n) is 2.30. The monoisotopic (exact) mass is 204 g/mol. The Bertz CT molecular complexity index is 375. The van der Waals surface area contributed by atoms with E-state index in [2.05, 4.69) is 44.2 Å². The van der Waals surface area contributed by atoms with Crippen LogP contribution in [0.5, 0.6) is 0 Å². The fourth-order valence-corrected chi connectivity index (χ4v) is 2.30. The second-order valence-electron chi connectivity index (χ2n) is 5.39. The van der Waals surface area contributed by atoms with Crippen molar-refractivity contribution in [3.8, 4) is 0 Å². The Kier molecular flexibility index (Phi) is 2.55. The lowest BCUT2D eigenvalue weighted by Crippen LogP contribution is -2.28. The Hall–Kier alpha value is -0.890. The zero-order valence-electron chi connectivity index (χ0n) is 10.1. The molecule has 1 aliphatic rings. The van der Waals surface area contributed by atoms with Gasteiger partial charge < -0.3 is 5.32 Å². The molecule has 1 aliphatic heterocycles. The molecule has 0 unspecified atom stereocenters. The summed E-state index contributed by atoms with van der Waals surface area (Å²) in [7, 11) is 0. The summed E-state index contributed by atoms with van der Waals surface area (Å²) >= 11 is 0. The molecule has 0 spiro atoms. The SMILES string of the molecule is Cc1ncc(C(C)(C)C)c2c1CCNC2. The Morgan fingerprint density at radius 1 is 1.27 bits per heavy atom. The number of aryl methyl sites for hydroxylation is 1. The van der Waals surface area contributed by atoms with Gasteiger partial charge in [0, 0.05) is 18.4 Å². The van der Waals surface area contributed by atoms with Gasteiger partial charge in [0.25, 0.3) is 0 Å². The lowest BCUT2D eigenvalue weighted by Gasteiger charge is -2.28. The van der Waals surface area contributed by atoms with E-state index >= 15 is 0 Å². The van der Waals surface area contributed by atoms with Gasteiger partial charge >= 0.3 is 0 Å². The standard InChI is InChI=1S/C13H20N2/c1-9-10-5-6-14-7-11(10)12(8-15-9)13(2,3)4/h8,14H,5-7H2,1-4H3. The van der Waals surface area contributed by atoms with Crippen molar-refractivity contribution in [2.45, 2.75) is 46.1 Å². The predicted molar refractivity (Wildman–Crippen MR) is 63.1 cm³/mol. The van der Waals surface area contributed by atoms with E-state index < -0.39 is 0 Å². The molecule has 0 amide bonds. The van der Waals surface area contributed by atoms with E-state index in [0.717, 1.165) is 19.5 Å². The second kappa shape index (κ2) is 3.60. The molecule has 1 aromatic rings. The smallest absolute Gasteiger partial charge is 0.0408 e. The van der Waals surface area contributed by atoms with Crippen LogP contribution in [0.2, 0.25) is 0 Å². The zero-order chi connectivity index (χ0) is 11.1. The molecule has 0 aromatic carbocycles. The van der Waals surface area contributed by atoms with E-state index in [-0.39, 0.29) is 5.41 Å². The average molecular weight is 204 g/mol. The van der Waals surface area contributed by atoms with Crippen LogP contribution >= 0.6 is 0 Å². The van der Waals surface area contributed by atoms with Gasteiger partial charge in [0.05, 0.1) is 0 Å². The van der Waals surface area contributed by atoms with Crippen LogP contribution in [0.15, 0.2) is 6.20 Å². The highest BCUT2D eigenvalue weighted by molar-refractivity contribution is 5.41. The summed E-state index contributed by atoms with van der Waals surface area (Å²) in [6, 6.07) is 0. The molecular formula is C13H20N2.